The predicted octanol–water partition coefficient (Wildman–Crippen LogP) is 3.46. The molecule has 152 valence electrons. The van der Waals surface area contributed by atoms with Crippen LogP contribution in [0.1, 0.15) is 59.1 Å². The fourth-order valence-corrected chi connectivity index (χ4v) is 5.45. The van der Waals surface area contributed by atoms with Crippen LogP contribution in [0.25, 0.3) is 0 Å². The molecule has 28 heavy (non-hydrogen) atoms. The Morgan fingerprint density at radius 2 is 2.00 bits per heavy atom. The zero-order valence-electron chi connectivity index (χ0n) is 15.9. The van der Waals surface area contributed by atoms with E-state index in [4.69, 9.17) is 4.74 Å². The van der Waals surface area contributed by atoms with Crippen molar-refractivity contribution in [2.45, 2.75) is 49.5 Å². The number of nitrogens with zero attached hydrogens (tertiary/aromatic N) is 1. The summed E-state index contributed by atoms with van der Waals surface area (Å²) in [4.78, 5) is 16.2. The molecule has 1 heterocycles. The van der Waals surface area contributed by atoms with Gasteiger partial charge in [-0.2, -0.15) is 0 Å². The number of carbonyl (C=O) groups excluding carboxylic acids is 1. The number of sulfonamides is 1. The van der Waals surface area contributed by atoms with Crippen molar-refractivity contribution in [1.29, 1.82) is 0 Å². The van der Waals surface area contributed by atoms with E-state index in [9.17, 15) is 13.2 Å². The van der Waals surface area contributed by atoms with Gasteiger partial charge in [0.05, 0.1) is 32.0 Å². The lowest BCUT2D eigenvalue weighted by Gasteiger charge is -2.19. The Balaban J connectivity index is 1.75. The molecular formula is C19H24N2O5S2. The quantitative estimate of drug-likeness (QED) is 0.684. The second kappa shape index (κ2) is 9.02. The third-order valence-corrected chi connectivity index (χ3v) is 7.17. The van der Waals surface area contributed by atoms with Crippen molar-refractivity contribution >= 4 is 27.3 Å². The zero-order valence-corrected chi connectivity index (χ0v) is 17.6. The first-order valence-electron chi connectivity index (χ1n) is 9.15. The van der Waals surface area contributed by atoms with E-state index in [0.29, 0.717) is 10.9 Å². The number of rotatable bonds is 7. The first-order valence-corrected chi connectivity index (χ1v) is 11.5. The Morgan fingerprint density at radius 3 is 2.68 bits per heavy atom. The highest BCUT2D eigenvalue weighted by Gasteiger charge is 2.23. The van der Waals surface area contributed by atoms with Gasteiger partial charge in [0.2, 0.25) is 10.0 Å². The standard InChI is InChI=1S/C19H24N2O5S2/c1-25-16-9-8-14(19(22)26-2)10-17(16)28(23,24)20-11-18-21-15(12-27-18)13-6-4-3-5-7-13/h8-10,12-13,20H,3-7,11H2,1-2H3. The molecule has 2 aromatic rings. The first kappa shape index (κ1) is 20.8. The number of hydrogen-bond acceptors (Lipinski definition) is 7. The number of methoxy groups -OCH3 is 2. The molecule has 0 unspecified atom stereocenters. The topological polar surface area (TPSA) is 94.6 Å². The van der Waals surface area contributed by atoms with Gasteiger partial charge in [0.25, 0.3) is 0 Å². The van der Waals surface area contributed by atoms with Gasteiger partial charge in [-0.05, 0) is 31.0 Å². The van der Waals surface area contributed by atoms with Gasteiger partial charge in [0, 0.05) is 11.3 Å². The summed E-state index contributed by atoms with van der Waals surface area (Å²) in [5, 5.41) is 2.74. The summed E-state index contributed by atoms with van der Waals surface area (Å²) in [7, 11) is -1.28. The average molecular weight is 425 g/mol. The molecule has 1 aromatic heterocycles. The maximum absolute atomic E-state index is 12.8. The van der Waals surface area contributed by atoms with Crippen LogP contribution >= 0.6 is 11.3 Å². The minimum atomic E-state index is -3.90. The van der Waals surface area contributed by atoms with Crippen molar-refractivity contribution in [3.63, 3.8) is 0 Å². The van der Waals surface area contributed by atoms with Crippen molar-refractivity contribution in [3.05, 3.63) is 39.8 Å². The molecule has 9 heteroatoms. The molecular weight excluding hydrogens is 400 g/mol. The number of ether oxygens (including phenoxy) is 2. The van der Waals surface area contributed by atoms with Gasteiger partial charge < -0.3 is 9.47 Å². The van der Waals surface area contributed by atoms with Gasteiger partial charge in [0.1, 0.15) is 15.7 Å². The Labute approximate surface area is 169 Å². The molecule has 1 fully saturated rings. The van der Waals surface area contributed by atoms with Gasteiger partial charge in [0.15, 0.2) is 0 Å². The van der Waals surface area contributed by atoms with Crippen LogP contribution in [0, 0.1) is 0 Å². The molecule has 0 radical (unpaired) electrons. The number of nitrogens with one attached hydrogen (secondary N) is 1. The molecule has 1 N–H and O–H groups in total. The summed E-state index contributed by atoms with van der Waals surface area (Å²) < 4.78 is 38.0. The minimum Gasteiger partial charge on any atom is -0.495 e. The van der Waals surface area contributed by atoms with Gasteiger partial charge in [-0.3, -0.25) is 0 Å². The Hall–Kier alpha value is -1.97. The maximum atomic E-state index is 12.8. The van der Waals surface area contributed by atoms with Crippen molar-refractivity contribution in [1.82, 2.24) is 9.71 Å². The van der Waals surface area contributed by atoms with E-state index >= 15 is 0 Å². The molecule has 1 saturated carbocycles. The number of esters is 1. The largest absolute Gasteiger partial charge is 0.495 e. The van der Waals surface area contributed by atoms with Gasteiger partial charge in [-0.15, -0.1) is 11.3 Å². The lowest BCUT2D eigenvalue weighted by Crippen LogP contribution is -2.24. The summed E-state index contributed by atoms with van der Waals surface area (Å²) in [6.45, 7) is 0.0886. The van der Waals surface area contributed by atoms with E-state index < -0.39 is 16.0 Å². The zero-order chi connectivity index (χ0) is 20.1. The number of aromatic nitrogens is 1. The van der Waals surface area contributed by atoms with E-state index in [1.54, 1.807) is 0 Å². The van der Waals surface area contributed by atoms with Crippen molar-refractivity contribution in [3.8, 4) is 5.75 Å². The normalized spacial score (nSPS) is 15.4. The summed E-state index contributed by atoms with van der Waals surface area (Å²) in [5.74, 6) is 0.0190. The Morgan fingerprint density at radius 1 is 1.25 bits per heavy atom. The first-order chi connectivity index (χ1) is 13.4. The summed E-state index contributed by atoms with van der Waals surface area (Å²) >= 11 is 1.46. The lowest BCUT2D eigenvalue weighted by molar-refractivity contribution is 0.0600. The van der Waals surface area contributed by atoms with E-state index in [-0.39, 0.29) is 22.8 Å². The molecule has 0 bridgehead atoms. The van der Waals surface area contributed by atoms with Gasteiger partial charge in [-0.1, -0.05) is 19.3 Å². The maximum Gasteiger partial charge on any atom is 0.337 e. The molecule has 3 rings (SSSR count). The van der Waals surface area contributed by atoms with Gasteiger partial charge in [-0.25, -0.2) is 22.9 Å². The molecule has 0 amide bonds. The van der Waals surface area contributed by atoms with Crippen LogP contribution in [0.5, 0.6) is 5.75 Å². The predicted molar refractivity (Wildman–Crippen MR) is 106 cm³/mol. The Bertz CT molecular complexity index is 934. The van der Waals surface area contributed by atoms with E-state index in [2.05, 4.69) is 14.4 Å². The van der Waals surface area contributed by atoms with Crippen LogP contribution in [0.2, 0.25) is 0 Å². The van der Waals surface area contributed by atoms with E-state index in [0.717, 1.165) is 18.5 Å². The minimum absolute atomic E-state index is 0.0886. The van der Waals surface area contributed by atoms with Crippen LogP contribution in [0.4, 0.5) is 0 Å². The number of hydrogen-bond donors (Lipinski definition) is 1. The van der Waals surface area contributed by atoms with Crippen molar-refractivity contribution < 1.29 is 22.7 Å². The van der Waals surface area contributed by atoms with Crippen molar-refractivity contribution in [2.75, 3.05) is 14.2 Å². The number of carbonyl (C=O) groups is 1. The second-order valence-electron chi connectivity index (χ2n) is 6.68. The number of thiazole rings is 1. The summed E-state index contributed by atoms with van der Waals surface area (Å²) in [5.41, 5.74) is 1.20. The van der Waals surface area contributed by atoms with Gasteiger partial charge >= 0.3 is 5.97 Å². The molecule has 0 saturated heterocycles. The SMILES string of the molecule is COC(=O)c1ccc(OC)c(S(=O)(=O)NCc2nc(C3CCCCC3)cs2)c1. The molecule has 0 atom stereocenters. The Kier molecular flexibility index (Phi) is 6.69. The average Bonchev–Trinajstić information content (AvgIpc) is 3.21. The molecule has 0 spiro atoms. The van der Waals surface area contributed by atoms with E-state index in [1.165, 1.54) is 63.0 Å². The highest BCUT2D eigenvalue weighted by Crippen LogP contribution is 2.33. The van der Waals surface area contributed by atoms with Crippen LogP contribution in [0.15, 0.2) is 28.5 Å². The molecule has 1 aliphatic rings. The fourth-order valence-electron chi connectivity index (χ4n) is 3.36. The summed E-state index contributed by atoms with van der Waals surface area (Å²) in [6, 6.07) is 4.15. The molecule has 7 nitrogen and oxygen atoms in total. The van der Waals surface area contributed by atoms with Crippen molar-refractivity contribution in [2.24, 2.45) is 0 Å². The third kappa shape index (κ3) is 4.71. The van der Waals surface area contributed by atoms with Crippen LogP contribution < -0.4 is 9.46 Å². The van der Waals surface area contributed by atoms with E-state index in [1.807, 2.05) is 5.38 Å². The summed E-state index contributed by atoms with van der Waals surface area (Å²) in [6.07, 6.45) is 6.01. The third-order valence-electron chi connectivity index (χ3n) is 4.88. The monoisotopic (exact) mass is 424 g/mol. The fraction of sp³-hybridized carbons (Fsp3) is 0.474. The lowest BCUT2D eigenvalue weighted by atomic mass is 9.87. The number of benzene rings is 1. The van der Waals surface area contributed by atoms with Crippen LogP contribution in [-0.4, -0.2) is 33.6 Å². The van der Waals surface area contributed by atoms with Crippen LogP contribution in [0.3, 0.4) is 0 Å². The molecule has 1 aliphatic carbocycles. The second-order valence-corrected chi connectivity index (χ2v) is 9.36. The molecule has 0 aliphatic heterocycles. The molecule has 1 aromatic carbocycles. The highest BCUT2D eigenvalue weighted by atomic mass is 32.2. The van der Waals surface area contributed by atoms with Crippen LogP contribution in [-0.2, 0) is 21.3 Å². The highest BCUT2D eigenvalue weighted by molar-refractivity contribution is 7.89. The smallest absolute Gasteiger partial charge is 0.337 e.